The number of piperazine rings is 1. The average Bonchev–Trinajstić information content (AvgIpc) is 2.30. The molecule has 1 aromatic rings. The maximum Gasteiger partial charge on any atom is 0.337 e. The summed E-state index contributed by atoms with van der Waals surface area (Å²) in [6, 6.07) is 3.35. The van der Waals surface area contributed by atoms with E-state index in [4.69, 9.17) is 5.11 Å². The summed E-state index contributed by atoms with van der Waals surface area (Å²) >= 11 is 0. The molecule has 1 aliphatic rings. The zero-order valence-electron chi connectivity index (χ0n) is 8.72. The molecule has 0 saturated carbocycles. The van der Waals surface area contributed by atoms with Crippen LogP contribution in [-0.4, -0.2) is 42.2 Å². The van der Waals surface area contributed by atoms with Crippen molar-refractivity contribution in [3.05, 3.63) is 23.9 Å². The van der Waals surface area contributed by atoms with E-state index in [1.165, 1.54) is 6.20 Å². The molecule has 0 aromatic carbocycles. The van der Waals surface area contributed by atoms with Gasteiger partial charge in [0.15, 0.2) is 0 Å². The highest BCUT2D eigenvalue weighted by molar-refractivity contribution is 5.87. The molecule has 1 aliphatic heterocycles. The molecule has 6 heteroatoms. The fourth-order valence-electron chi connectivity index (χ4n) is 1.59. The van der Waals surface area contributed by atoms with E-state index < -0.39 is 5.97 Å². The summed E-state index contributed by atoms with van der Waals surface area (Å²) in [5.41, 5.74) is 0.230. The van der Waals surface area contributed by atoms with E-state index >= 15 is 0 Å². The van der Waals surface area contributed by atoms with Crippen LogP contribution >= 0.6 is 12.4 Å². The van der Waals surface area contributed by atoms with E-state index in [2.05, 4.69) is 15.2 Å². The molecule has 0 radical (unpaired) electrons. The molecule has 2 heterocycles. The number of carboxylic acid groups (broad SMARTS) is 1. The van der Waals surface area contributed by atoms with Gasteiger partial charge < -0.3 is 15.3 Å². The highest BCUT2D eigenvalue weighted by Crippen LogP contribution is 2.11. The topological polar surface area (TPSA) is 65.5 Å². The first-order chi connectivity index (χ1) is 7.27. The molecule has 0 aliphatic carbocycles. The molecule has 0 atom stereocenters. The first-order valence-corrected chi connectivity index (χ1v) is 4.92. The number of nitrogens with zero attached hydrogens (tertiary/aromatic N) is 2. The van der Waals surface area contributed by atoms with Crippen molar-refractivity contribution in [2.45, 2.75) is 0 Å². The fraction of sp³-hybridized carbons (Fsp3) is 0.400. The maximum atomic E-state index is 10.6. The molecule has 0 bridgehead atoms. The fourth-order valence-corrected chi connectivity index (χ4v) is 1.59. The lowest BCUT2D eigenvalue weighted by atomic mass is 10.2. The summed E-state index contributed by atoms with van der Waals surface area (Å²) < 4.78 is 0. The molecule has 1 saturated heterocycles. The molecule has 5 nitrogen and oxygen atoms in total. The molecule has 2 rings (SSSR count). The largest absolute Gasteiger partial charge is 0.478 e. The van der Waals surface area contributed by atoms with E-state index in [-0.39, 0.29) is 18.0 Å². The van der Waals surface area contributed by atoms with Gasteiger partial charge >= 0.3 is 5.97 Å². The van der Waals surface area contributed by atoms with Gasteiger partial charge in [-0.25, -0.2) is 9.78 Å². The Bertz CT molecular complexity index is 350. The van der Waals surface area contributed by atoms with Crippen LogP contribution in [0.4, 0.5) is 5.82 Å². The molecular formula is C10H14ClN3O2. The number of halogens is 1. The van der Waals surface area contributed by atoms with Crippen LogP contribution in [0.1, 0.15) is 10.4 Å². The van der Waals surface area contributed by atoms with Crippen molar-refractivity contribution in [3.8, 4) is 0 Å². The number of aromatic nitrogens is 1. The number of carboxylic acids is 1. The SMILES string of the molecule is Cl.O=C(O)c1ccc(N2CCNCC2)nc1. The number of anilines is 1. The third-order valence-electron chi connectivity index (χ3n) is 2.44. The molecule has 1 fully saturated rings. The van der Waals surface area contributed by atoms with E-state index in [0.717, 1.165) is 32.0 Å². The second-order valence-electron chi connectivity index (χ2n) is 3.45. The molecule has 1 aromatic heterocycles. The quantitative estimate of drug-likeness (QED) is 0.797. The monoisotopic (exact) mass is 243 g/mol. The Morgan fingerprint density at radius 3 is 2.56 bits per heavy atom. The van der Waals surface area contributed by atoms with E-state index in [1.54, 1.807) is 12.1 Å². The van der Waals surface area contributed by atoms with E-state index in [1.807, 2.05) is 0 Å². The van der Waals surface area contributed by atoms with Crippen molar-refractivity contribution >= 4 is 24.2 Å². The Morgan fingerprint density at radius 2 is 2.06 bits per heavy atom. The third-order valence-corrected chi connectivity index (χ3v) is 2.44. The number of aromatic carboxylic acids is 1. The Morgan fingerprint density at radius 1 is 1.38 bits per heavy atom. The van der Waals surface area contributed by atoms with Gasteiger partial charge in [0, 0.05) is 32.4 Å². The minimum atomic E-state index is -0.936. The predicted molar refractivity (Wildman–Crippen MR) is 63.5 cm³/mol. The van der Waals surface area contributed by atoms with Crippen molar-refractivity contribution in [2.24, 2.45) is 0 Å². The summed E-state index contributed by atoms with van der Waals surface area (Å²) in [5, 5.41) is 12.0. The lowest BCUT2D eigenvalue weighted by Gasteiger charge is -2.28. The number of hydrogen-bond donors (Lipinski definition) is 2. The lowest BCUT2D eigenvalue weighted by molar-refractivity contribution is 0.0696. The summed E-state index contributed by atoms with van der Waals surface area (Å²) in [5.74, 6) is -0.0872. The smallest absolute Gasteiger partial charge is 0.337 e. The maximum absolute atomic E-state index is 10.6. The molecule has 0 amide bonds. The Hall–Kier alpha value is -1.33. The average molecular weight is 244 g/mol. The summed E-state index contributed by atoms with van der Waals surface area (Å²) in [6.45, 7) is 3.73. The minimum absolute atomic E-state index is 0. The van der Waals surface area contributed by atoms with Crippen LogP contribution in [-0.2, 0) is 0 Å². The van der Waals surface area contributed by atoms with Crippen molar-refractivity contribution in [1.29, 1.82) is 0 Å². The minimum Gasteiger partial charge on any atom is -0.478 e. The molecule has 0 spiro atoms. The van der Waals surface area contributed by atoms with E-state index in [9.17, 15) is 4.79 Å². The van der Waals surface area contributed by atoms with Gasteiger partial charge in [-0.05, 0) is 12.1 Å². The highest BCUT2D eigenvalue weighted by Gasteiger charge is 2.11. The zero-order chi connectivity index (χ0) is 10.7. The van der Waals surface area contributed by atoms with Gasteiger partial charge in [0.2, 0.25) is 0 Å². The van der Waals surface area contributed by atoms with Crippen LogP contribution in [0, 0.1) is 0 Å². The van der Waals surface area contributed by atoms with Gasteiger partial charge in [-0.15, -0.1) is 12.4 Å². The first-order valence-electron chi connectivity index (χ1n) is 4.92. The number of carbonyl (C=O) groups is 1. The molecule has 16 heavy (non-hydrogen) atoms. The van der Waals surface area contributed by atoms with Crippen molar-refractivity contribution in [1.82, 2.24) is 10.3 Å². The molecular weight excluding hydrogens is 230 g/mol. The van der Waals surface area contributed by atoms with Crippen molar-refractivity contribution in [3.63, 3.8) is 0 Å². The van der Waals surface area contributed by atoms with Crippen LogP contribution < -0.4 is 10.2 Å². The van der Waals surface area contributed by atoms with Gasteiger partial charge in [-0.2, -0.15) is 0 Å². The Kier molecular flexibility index (Phi) is 4.52. The number of nitrogens with one attached hydrogen (secondary N) is 1. The molecule has 2 N–H and O–H groups in total. The van der Waals surface area contributed by atoms with Crippen molar-refractivity contribution in [2.75, 3.05) is 31.1 Å². The Balaban J connectivity index is 0.00000128. The van der Waals surface area contributed by atoms with Crippen LogP contribution in [0.5, 0.6) is 0 Å². The van der Waals surface area contributed by atoms with Gasteiger partial charge in [0.05, 0.1) is 5.56 Å². The van der Waals surface area contributed by atoms with Crippen LogP contribution in [0.25, 0.3) is 0 Å². The van der Waals surface area contributed by atoms with Gasteiger partial charge in [0.25, 0.3) is 0 Å². The molecule has 88 valence electrons. The second-order valence-corrected chi connectivity index (χ2v) is 3.45. The van der Waals surface area contributed by atoms with Gasteiger partial charge in [0.1, 0.15) is 5.82 Å². The zero-order valence-corrected chi connectivity index (χ0v) is 9.54. The van der Waals surface area contributed by atoms with Crippen LogP contribution in [0.15, 0.2) is 18.3 Å². The van der Waals surface area contributed by atoms with Crippen molar-refractivity contribution < 1.29 is 9.90 Å². The van der Waals surface area contributed by atoms with Gasteiger partial charge in [-0.3, -0.25) is 0 Å². The number of rotatable bonds is 2. The summed E-state index contributed by atoms with van der Waals surface area (Å²) in [7, 11) is 0. The van der Waals surface area contributed by atoms with Crippen LogP contribution in [0.2, 0.25) is 0 Å². The van der Waals surface area contributed by atoms with Crippen LogP contribution in [0.3, 0.4) is 0 Å². The van der Waals surface area contributed by atoms with E-state index in [0.29, 0.717) is 0 Å². The second kappa shape index (κ2) is 5.67. The number of pyridine rings is 1. The van der Waals surface area contributed by atoms with Gasteiger partial charge in [-0.1, -0.05) is 0 Å². The summed E-state index contributed by atoms with van der Waals surface area (Å²) in [6.07, 6.45) is 1.40. The Labute approximate surface area is 99.9 Å². The standard InChI is InChI=1S/C10H13N3O2.ClH/c14-10(15)8-1-2-9(12-7-8)13-5-3-11-4-6-13;/h1-2,7,11H,3-6H2,(H,14,15);1H. The number of hydrogen-bond acceptors (Lipinski definition) is 4. The highest BCUT2D eigenvalue weighted by atomic mass is 35.5. The summed E-state index contributed by atoms with van der Waals surface area (Å²) in [4.78, 5) is 16.9. The molecule has 0 unspecified atom stereocenters. The lowest BCUT2D eigenvalue weighted by Crippen LogP contribution is -2.43. The third kappa shape index (κ3) is 2.84. The predicted octanol–water partition coefficient (Wildman–Crippen LogP) is 0.611. The first kappa shape index (κ1) is 12.7. The normalized spacial score (nSPS) is 15.4.